The van der Waals surface area contributed by atoms with E-state index in [1.54, 1.807) is 30.3 Å². The number of carbonyl (C=O) groups excluding carboxylic acids is 1. The Morgan fingerprint density at radius 3 is 2.37 bits per heavy atom. The molecule has 3 rings (SSSR count). The summed E-state index contributed by atoms with van der Waals surface area (Å²) < 4.78 is 27.2. The highest BCUT2D eigenvalue weighted by Gasteiger charge is 2.33. The van der Waals surface area contributed by atoms with E-state index in [-0.39, 0.29) is 23.3 Å². The third-order valence-electron chi connectivity index (χ3n) is 5.67. The second kappa shape index (κ2) is 10.1. The third-order valence-corrected chi connectivity index (χ3v) is 7.55. The first kappa shape index (κ1) is 22.3. The highest BCUT2D eigenvalue weighted by Crippen LogP contribution is 2.24. The smallest absolute Gasteiger partial charge is 0.243 e. The van der Waals surface area contributed by atoms with Gasteiger partial charge in [0.05, 0.1) is 10.8 Å². The van der Waals surface area contributed by atoms with Crippen LogP contribution in [0.3, 0.4) is 0 Å². The van der Waals surface area contributed by atoms with Crippen LogP contribution in [0.5, 0.6) is 0 Å². The summed E-state index contributed by atoms with van der Waals surface area (Å²) in [6.45, 7) is 7.29. The minimum absolute atomic E-state index is 0.0872. The summed E-state index contributed by atoms with van der Waals surface area (Å²) in [6, 6.07) is 16.6. The maximum Gasteiger partial charge on any atom is 0.243 e. The molecular formula is C23H31N3O3S. The largest absolute Gasteiger partial charge is 0.372 e. The van der Waals surface area contributed by atoms with Gasteiger partial charge in [0.15, 0.2) is 0 Å². The summed E-state index contributed by atoms with van der Waals surface area (Å²) in [6.07, 6.45) is 1.39. The van der Waals surface area contributed by atoms with Crippen molar-refractivity contribution in [2.45, 2.75) is 38.1 Å². The van der Waals surface area contributed by atoms with Gasteiger partial charge in [-0.2, -0.15) is 4.31 Å². The number of sulfonamides is 1. The molecule has 0 aromatic heterocycles. The predicted molar refractivity (Wildman–Crippen MR) is 120 cm³/mol. The van der Waals surface area contributed by atoms with Crippen molar-refractivity contribution in [3.05, 3.63) is 60.2 Å². The molecular weight excluding hydrogens is 398 g/mol. The number of benzene rings is 2. The molecule has 2 aromatic carbocycles. The molecule has 162 valence electrons. The Kier molecular flexibility index (Phi) is 7.50. The highest BCUT2D eigenvalue weighted by molar-refractivity contribution is 7.89. The Bertz CT molecular complexity index is 926. The lowest BCUT2D eigenvalue weighted by Crippen LogP contribution is -2.45. The van der Waals surface area contributed by atoms with Crippen LogP contribution in [0.2, 0.25) is 0 Å². The van der Waals surface area contributed by atoms with Crippen LogP contribution in [0.15, 0.2) is 59.5 Å². The molecule has 1 atom stereocenters. The van der Waals surface area contributed by atoms with Gasteiger partial charge in [-0.15, -0.1) is 0 Å². The zero-order valence-corrected chi connectivity index (χ0v) is 18.6. The Balaban J connectivity index is 1.58. The summed E-state index contributed by atoms with van der Waals surface area (Å²) in [4.78, 5) is 15.3. The Morgan fingerprint density at radius 2 is 1.73 bits per heavy atom. The van der Waals surface area contributed by atoms with E-state index in [0.717, 1.165) is 18.7 Å². The molecule has 1 aliphatic rings. The van der Waals surface area contributed by atoms with Crippen LogP contribution >= 0.6 is 0 Å². The van der Waals surface area contributed by atoms with Crippen LogP contribution in [0.25, 0.3) is 0 Å². The first-order chi connectivity index (χ1) is 14.5. The van der Waals surface area contributed by atoms with Gasteiger partial charge in [-0.05, 0) is 56.5 Å². The standard InChI is InChI=1S/C23H31N3O3S/c1-3-25(4-2)21-14-12-19(13-15-21)17-24-23(27)20-9-8-16-26(18-20)30(28,29)22-10-6-5-7-11-22/h5-7,10-15,20H,3-4,8-9,16-18H2,1-2H3,(H,24,27)/t20-/m1/s1. The van der Waals surface area contributed by atoms with Gasteiger partial charge in [0.2, 0.25) is 15.9 Å². The molecule has 2 aromatic rings. The van der Waals surface area contributed by atoms with Crippen molar-refractivity contribution in [2.75, 3.05) is 31.1 Å². The molecule has 0 bridgehead atoms. The fraction of sp³-hybridized carbons (Fsp3) is 0.435. The van der Waals surface area contributed by atoms with Gasteiger partial charge >= 0.3 is 0 Å². The number of nitrogens with one attached hydrogen (secondary N) is 1. The van der Waals surface area contributed by atoms with Gasteiger partial charge in [0, 0.05) is 38.4 Å². The highest BCUT2D eigenvalue weighted by atomic mass is 32.2. The molecule has 30 heavy (non-hydrogen) atoms. The van der Waals surface area contributed by atoms with Crippen molar-refractivity contribution in [1.29, 1.82) is 0 Å². The van der Waals surface area contributed by atoms with Gasteiger partial charge < -0.3 is 10.2 Å². The van der Waals surface area contributed by atoms with Crippen LogP contribution in [-0.2, 0) is 21.4 Å². The number of nitrogens with zero attached hydrogens (tertiary/aromatic N) is 2. The van der Waals surface area contributed by atoms with Crippen molar-refractivity contribution >= 4 is 21.6 Å². The van der Waals surface area contributed by atoms with Crippen LogP contribution in [-0.4, -0.2) is 44.8 Å². The second-order valence-corrected chi connectivity index (χ2v) is 9.51. The van der Waals surface area contributed by atoms with Crippen molar-refractivity contribution in [1.82, 2.24) is 9.62 Å². The number of carbonyl (C=O) groups is 1. The van der Waals surface area contributed by atoms with Crippen LogP contribution in [0, 0.1) is 5.92 Å². The predicted octanol–water partition coefficient (Wildman–Crippen LogP) is 3.25. The number of rotatable bonds is 8. The summed E-state index contributed by atoms with van der Waals surface area (Å²) >= 11 is 0. The fourth-order valence-electron chi connectivity index (χ4n) is 3.86. The molecule has 1 amide bonds. The zero-order chi connectivity index (χ0) is 21.6. The first-order valence-electron chi connectivity index (χ1n) is 10.6. The van der Waals surface area contributed by atoms with E-state index in [2.05, 4.69) is 36.2 Å². The van der Waals surface area contributed by atoms with Crippen LogP contribution in [0.1, 0.15) is 32.3 Å². The lowest BCUT2D eigenvalue weighted by atomic mass is 9.98. The molecule has 1 heterocycles. The van der Waals surface area contributed by atoms with E-state index in [1.165, 1.54) is 9.99 Å². The summed E-state index contributed by atoms with van der Waals surface area (Å²) in [5.41, 5.74) is 2.20. The van der Waals surface area contributed by atoms with Gasteiger partial charge in [-0.1, -0.05) is 30.3 Å². The summed E-state index contributed by atoms with van der Waals surface area (Å²) in [5.74, 6) is -0.414. The third kappa shape index (κ3) is 5.21. The summed E-state index contributed by atoms with van der Waals surface area (Å²) in [7, 11) is -3.56. The average molecular weight is 430 g/mol. The van der Waals surface area contributed by atoms with Crippen molar-refractivity contribution in [3.8, 4) is 0 Å². The zero-order valence-electron chi connectivity index (χ0n) is 17.8. The van der Waals surface area contributed by atoms with Crippen molar-refractivity contribution in [3.63, 3.8) is 0 Å². The van der Waals surface area contributed by atoms with E-state index >= 15 is 0 Å². The fourth-order valence-corrected chi connectivity index (χ4v) is 5.41. The Labute approximate surface area is 179 Å². The van der Waals surface area contributed by atoms with Crippen molar-refractivity contribution in [2.24, 2.45) is 5.92 Å². The molecule has 1 N–H and O–H groups in total. The molecule has 1 saturated heterocycles. The number of anilines is 1. The quantitative estimate of drug-likeness (QED) is 0.699. The van der Waals surface area contributed by atoms with E-state index in [1.807, 2.05) is 12.1 Å². The van der Waals surface area contributed by atoms with Gasteiger partial charge in [0.25, 0.3) is 0 Å². The second-order valence-electron chi connectivity index (χ2n) is 7.57. The normalized spacial score (nSPS) is 17.5. The lowest BCUT2D eigenvalue weighted by Gasteiger charge is -2.31. The van der Waals surface area contributed by atoms with E-state index in [4.69, 9.17) is 0 Å². The molecule has 0 spiro atoms. The SMILES string of the molecule is CCN(CC)c1ccc(CNC(=O)[C@@H]2CCCN(S(=O)(=O)c3ccccc3)C2)cc1. The van der Waals surface area contributed by atoms with E-state index < -0.39 is 10.0 Å². The first-order valence-corrected chi connectivity index (χ1v) is 12.1. The Morgan fingerprint density at radius 1 is 1.07 bits per heavy atom. The molecule has 7 heteroatoms. The maximum atomic E-state index is 12.9. The number of piperidine rings is 1. The monoisotopic (exact) mass is 429 g/mol. The molecule has 0 saturated carbocycles. The van der Waals surface area contributed by atoms with Gasteiger partial charge in [-0.3, -0.25) is 4.79 Å². The molecule has 0 unspecified atom stereocenters. The van der Waals surface area contributed by atoms with Gasteiger partial charge in [-0.25, -0.2) is 8.42 Å². The topological polar surface area (TPSA) is 69.7 Å². The molecule has 0 aliphatic carbocycles. The molecule has 0 radical (unpaired) electrons. The van der Waals surface area contributed by atoms with Crippen LogP contribution < -0.4 is 10.2 Å². The average Bonchev–Trinajstić information content (AvgIpc) is 2.80. The maximum absolute atomic E-state index is 12.9. The number of hydrogen-bond acceptors (Lipinski definition) is 4. The molecule has 6 nitrogen and oxygen atoms in total. The minimum atomic E-state index is -3.56. The molecule has 1 fully saturated rings. The van der Waals surface area contributed by atoms with E-state index in [9.17, 15) is 13.2 Å². The van der Waals surface area contributed by atoms with E-state index in [0.29, 0.717) is 25.9 Å². The minimum Gasteiger partial charge on any atom is -0.372 e. The number of hydrogen-bond donors (Lipinski definition) is 1. The molecule has 1 aliphatic heterocycles. The lowest BCUT2D eigenvalue weighted by molar-refractivity contribution is -0.126. The summed E-state index contributed by atoms with van der Waals surface area (Å²) in [5, 5.41) is 2.98. The Hall–Kier alpha value is -2.38. The van der Waals surface area contributed by atoms with Crippen LogP contribution in [0.4, 0.5) is 5.69 Å². The number of amides is 1. The van der Waals surface area contributed by atoms with Crippen molar-refractivity contribution < 1.29 is 13.2 Å². The van der Waals surface area contributed by atoms with Gasteiger partial charge in [0.1, 0.15) is 0 Å².